The zero-order valence-electron chi connectivity index (χ0n) is 16.0. The first-order valence-electron chi connectivity index (χ1n) is 9.19. The molecule has 1 amide bonds. The lowest BCUT2D eigenvalue weighted by Gasteiger charge is -2.11. The summed E-state index contributed by atoms with van der Waals surface area (Å²) in [6, 6.07) is 14.9. The van der Waals surface area contributed by atoms with Crippen LogP contribution < -0.4 is 20.1 Å². The van der Waals surface area contributed by atoms with Gasteiger partial charge in [0.2, 0.25) is 5.91 Å². The van der Waals surface area contributed by atoms with E-state index in [9.17, 15) is 4.79 Å². The van der Waals surface area contributed by atoms with E-state index in [0.29, 0.717) is 25.5 Å². The number of hydrogen-bond donors (Lipinski definition) is 2. The van der Waals surface area contributed by atoms with Crippen molar-refractivity contribution in [2.45, 2.75) is 19.8 Å². The number of ether oxygens (including phenoxy) is 3. The highest BCUT2D eigenvalue weighted by Gasteiger charge is 2.04. The molecular formula is C21H28N2O4. The van der Waals surface area contributed by atoms with Crippen molar-refractivity contribution >= 4 is 17.3 Å². The highest BCUT2D eigenvalue weighted by Crippen LogP contribution is 2.19. The molecule has 0 aromatic heterocycles. The summed E-state index contributed by atoms with van der Waals surface area (Å²) in [6.45, 7) is 3.97. The third-order valence-corrected chi connectivity index (χ3v) is 3.73. The summed E-state index contributed by atoms with van der Waals surface area (Å²) in [6.07, 6.45) is 2.09. The fourth-order valence-electron chi connectivity index (χ4n) is 2.32. The Hall–Kier alpha value is -2.73. The second-order valence-electron chi connectivity index (χ2n) is 6.00. The first kappa shape index (κ1) is 20.6. The Morgan fingerprint density at radius 3 is 2.30 bits per heavy atom. The molecule has 0 spiro atoms. The van der Waals surface area contributed by atoms with E-state index >= 15 is 0 Å². The van der Waals surface area contributed by atoms with Crippen LogP contribution in [0.5, 0.6) is 11.5 Å². The Balaban J connectivity index is 1.80. The lowest BCUT2D eigenvalue weighted by Crippen LogP contribution is -2.21. The molecule has 0 bridgehead atoms. The number of methoxy groups -OCH3 is 1. The van der Waals surface area contributed by atoms with Gasteiger partial charge in [-0.15, -0.1) is 0 Å². The van der Waals surface area contributed by atoms with E-state index in [1.807, 2.05) is 48.5 Å². The van der Waals surface area contributed by atoms with Crippen molar-refractivity contribution in [3.05, 3.63) is 48.5 Å². The number of amides is 1. The van der Waals surface area contributed by atoms with Crippen LogP contribution in [0.4, 0.5) is 11.4 Å². The van der Waals surface area contributed by atoms with Crippen LogP contribution in [0, 0.1) is 0 Å². The molecule has 0 saturated carbocycles. The van der Waals surface area contributed by atoms with E-state index in [1.165, 1.54) is 0 Å². The molecule has 6 nitrogen and oxygen atoms in total. The number of anilines is 2. The monoisotopic (exact) mass is 372 g/mol. The predicted molar refractivity (Wildman–Crippen MR) is 108 cm³/mol. The van der Waals surface area contributed by atoms with Gasteiger partial charge >= 0.3 is 0 Å². The van der Waals surface area contributed by atoms with Gasteiger partial charge in [-0.2, -0.15) is 0 Å². The fraction of sp³-hybridized carbons (Fsp3) is 0.381. The minimum Gasteiger partial charge on any atom is -0.494 e. The zero-order chi connectivity index (χ0) is 19.3. The van der Waals surface area contributed by atoms with Crippen molar-refractivity contribution in [2.75, 3.05) is 44.1 Å². The smallest absolute Gasteiger partial charge is 0.243 e. The normalized spacial score (nSPS) is 10.3. The van der Waals surface area contributed by atoms with Gasteiger partial charge in [0.1, 0.15) is 18.1 Å². The predicted octanol–water partition coefficient (Wildman–Crippen LogP) is 3.94. The van der Waals surface area contributed by atoms with Crippen molar-refractivity contribution < 1.29 is 19.0 Å². The summed E-state index contributed by atoms with van der Waals surface area (Å²) in [5.74, 6) is 1.36. The topological polar surface area (TPSA) is 68.8 Å². The van der Waals surface area contributed by atoms with Crippen molar-refractivity contribution in [3.8, 4) is 11.5 Å². The minimum atomic E-state index is -0.133. The molecule has 6 heteroatoms. The van der Waals surface area contributed by atoms with Gasteiger partial charge in [-0.3, -0.25) is 4.79 Å². The van der Waals surface area contributed by atoms with Crippen LogP contribution in [0.3, 0.4) is 0 Å². The molecule has 2 aromatic carbocycles. The van der Waals surface area contributed by atoms with Crippen molar-refractivity contribution in [3.63, 3.8) is 0 Å². The van der Waals surface area contributed by atoms with Crippen molar-refractivity contribution in [1.29, 1.82) is 0 Å². The number of unbranched alkanes of at least 4 members (excludes halogenated alkanes) is 1. The zero-order valence-corrected chi connectivity index (χ0v) is 16.0. The van der Waals surface area contributed by atoms with Crippen molar-refractivity contribution in [1.82, 2.24) is 0 Å². The summed E-state index contributed by atoms with van der Waals surface area (Å²) < 4.78 is 16.2. The van der Waals surface area contributed by atoms with E-state index in [0.717, 1.165) is 30.0 Å². The average Bonchev–Trinajstić information content (AvgIpc) is 2.68. The van der Waals surface area contributed by atoms with E-state index in [1.54, 1.807) is 7.11 Å². The first-order chi connectivity index (χ1) is 13.2. The largest absolute Gasteiger partial charge is 0.494 e. The number of carbonyl (C=O) groups excluding carboxylic acids is 1. The molecular weight excluding hydrogens is 344 g/mol. The Labute approximate surface area is 160 Å². The molecule has 2 rings (SSSR count). The Morgan fingerprint density at radius 2 is 1.59 bits per heavy atom. The third-order valence-electron chi connectivity index (χ3n) is 3.73. The van der Waals surface area contributed by atoms with Gasteiger partial charge in [0.05, 0.1) is 19.8 Å². The summed E-state index contributed by atoms with van der Waals surface area (Å²) >= 11 is 0. The highest BCUT2D eigenvalue weighted by molar-refractivity contribution is 5.93. The third kappa shape index (κ3) is 8.00. The fourth-order valence-corrected chi connectivity index (χ4v) is 2.32. The molecule has 0 atom stereocenters. The number of hydrogen-bond acceptors (Lipinski definition) is 5. The second kappa shape index (κ2) is 11.8. The molecule has 0 radical (unpaired) electrons. The quantitative estimate of drug-likeness (QED) is 0.552. The number of nitrogens with one attached hydrogen (secondary N) is 2. The molecule has 146 valence electrons. The van der Waals surface area contributed by atoms with Gasteiger partial charge in [0.15, 0.2) is 0 Å². The van der Waals surface area contributed by atoms with Crippen LogP contribution in [0.25, 0.3) is 0 Å². The van der Waals surface area contributed by atoms with E-state index in [4.69, 9.17) is 14.2 Å². The molecule has 27 heavy (non-hydrogen) atoms. The lowest BCUT2D eigenvalue weighted by atomic mass is 10.3. The van der Waals surface area contributed by atoms with Crippen LogP contribution in [0.15, 0.2) is 48.5 Å². The average molecular weight is 372 g/mol. The van der Waals surface area contributed by atoms with Gasteiger partial charge in [-0.1, -0.05) is 25.5 Å². The standard InChI is InChI=1S/C21H28N2O4/c1-3-4-11-26-20-10-6-8-18(15-20)23-21(24)16-22-17-7-5-9-19(14-17)27-13-12-25-2/h5-10,14-15,22H,3-4,11-13,16H2,1-2H3,(H,23,24). The Bertz CT molecular complexity index is 706. The van der Waals surface area contributed by atoms with Crippen LogP contribution in [0.2, 0.25) is 0 Å². The summed E-state index contributed by atoms with van der Waals surface area (Å²) in [4.78, 5) is 12.2. The van der Waals surface area contributed by atoms with Gasteiger partial charge in [-0.25, -0.2) is 0 Å². The number of rotatable bonds is 12. The SMILES string of the molecule is CCCCOc1cccc(NC(=O)CNc2cccc(OCCOC)c2)c1. The molecule has 0 saturated heterocycles. The van der Waals surface area contributed by atoms with Gasteiger partial charge in [-0.05, 0) is 30.7 Å². The molecule has 0 heterocycles. The maximum atomic E-state index is 12.2. The van der Waals surface area contributed by atoms with Crippen LogP contribution in [0.1, 0.15) is 19.8 Å². The molecule has 0 fully saturated rings. The summed E-state index contributed by atoms with van der Waals surface area (Å²) in [7, 11) is 1.63. The Kier molecular flexibility index (Phi) is 9.00. The van der Waals surface area contributed by atoms with Crippen LogP contribution in [-0.4, -0.2) is 39.4 Å². The summed E-state index contributed by atoms with van der Waals surface area (Å²) in [5.41, 5.74) is 1.53. The molecule has 0 aliphatic carbocycles. The van der Waals surface area contributed by atoms with Gasteiger partial charge in [0.25, 0.3) is 0 Å². The lowest BCUT2D eigenvalue weighted by molar-refractivity contribution is -0.114. The highest BCUT2D eigenvalue weighted by atomic mass is 16.5. The van der Waals surface area contributed by atoms with E-state index in [2.05, 4.69) is 17.6 Å². The molecule has 0 unspecified atom stereocenters. The molecule has 0 aliphatic rings. The maximum absolute atomic E-state index is 12.2. The number of carbonyl (C=O) groups is 1. The van der Waals surface area contributed by atoms with E-state index < -0.39 is 0 Å². The van der Waals surface area contributed by atoms with Gasteiger partial charge < -0.3 is 24.8 Å². The van der Waals surface area contributed by atoms with Crippen LogP contribution >= 0.6 is 0 Å². The Morgan fingerprint density at radius 1 is 0.926 bits per heavy atom. The molecule has 2 aromatic rings. The minimum absolute atomic E-state index is 0.133. The maximum Gasteiger partial charge on any atom is 0.243 e. The number of benzene rings is 2. The summed E-state index contributed by atoms with van der Waals surface area (Å²) in [5, 5.41) is 5.97. The molecule has 0 aliphatic heterocycles. The van der Waals surface area contributed by atoms with Crippen molar-refractivity contribution in [2.24, 2.45) is 0 Å². The first-order valence-corrected chi connectivity index (χ1v) is 9.19. The van der Waals surface area contributed by atoms with Crippen LogP contribution in [-0.2, 0) is 9.53 Å². The van der Waals surface area contributed by atoms with E-state index in [-0.39, 0.29) is 12.5 Å². The molecule has 2 N–H and O–H groups in total. The van der Waals surface area contributed by atoms with Gasteiger partial charge in [0, 0.05) is 30.6 Å². The second-order valence-corrected chi connectivity index (χ2v) is 6.00.